The van der Waals surface area contributed by atoms with E-state index in [9.17, 15) is 13.2 Å². The third kappa shape index (κ3) is 4.13. The summed E-state index contributed by atoms with van der Waals surface area (Å²) in [7, 11) is 1.86. The zero-order chi connectivity index (χ0) is 25.9. The summed E-state index contributed by atoms with van der Waals surface area (Å²) in [5, 5.41) is 13.7. The topological polar surface area (TPSA) is 90.2 Å². The average molecular weight is 507 g/mol. The molecular weight excluding hydrogens is 481 g/mol. The standard InChI is InChI=1S/C26H25F3N8/c1-15-20(18-11-31-35(2)12-18)6-3-16-4-7-21(32-23(15)16)25-34-33-22-8-5-17(13-37(22)25)24(26(27,28)29)36-10-9-19(30)14-36/h3-8,11-13,19,24H,9-10,14,30H2,1-2H3/t19-,24+/m0/s1. The van der Waals surface area contributed by atoms with Gasteiger partial charge in [0.2, 0.25) is 0 Å². The van der Waals surface area contributed by atoms with Gasteiger partial charge in [0.15, 0.2) is 11.5 Å². The predicted octanol–water partition coefficient (Wildman–Crippen LogP) is 4.29. The Balaban J connectivity index is 1.45. The summed E-state index contributed by atoms with van der Waals surface area (Å²) in [6.07, 6.45) is 1.30. The minimum absolute atomic E-state index is 0.117. The number of pyridine rings is 2. The number of likely N-dealkylation sites (tertiary alicyclic amines) is 1. The van der Waals surface area contributed by atoms with Crippen molar-refractivity contribution in [2.45, 2.75) is 31.6 Å². The van der Waals surface area contributed by atoms with Crippen molar-refractivity contribution in [2.24, 2.45) is 12.8 Å². The van der Waals surface area contributed by atoms with Crippen molar-refractivity contribution in [3.05, 3.63) is 66.1 Å². The molecule has 4 aromatic heterocycles. The molecule has 37 heavy (non-hydrogen) atoms. The SMILES string of the molecule is Cc1c(-c2cnn(C)c2)ccc2ccc(-c3nnc4ccc([C@@H](N5CC[C@H](N)C5)C(F)(F)F)cn34)nc12. The minimum Gasteiger partial charge on any atom is -0.326 e. The monoisotopic (exact) mass is 506 g/mol. The van der Waals surface area contributed by atoms with E-state index >= 15 is 0 Å². The molecule has 6 rings (SSSR count). The van der Waals surface area contributed by atoms with Crippen LogP contribution >= 0.6 is 0 Å². The lowest BCUT2D eigenvalue weighted by Gasteiger charge is -2.30. The molecule has 5 aromatic rings. The van der Waals surface area contributed by atoms with Crippen molar-refractivity contribution in [3.63, 3.8) is 0 Å². The molecule has 8 nitrogen and oxygen atoms in total. The first-order valence-electron chi connectivity index (χ1n) is 12.0. The van der Waals surface area contributed by atoms with E-state index in [0.717, 1.165) is 27.6 Å². The Labute approximate surface area is 210 Å². The van der Waals surface area contributed by atoms with Crippen LogP contribution in [0.3, 0.4) is 0 Å². The highest BCUT2D eigenvalue weighted by Gasteiger charge is 2.46. The van der Waals surface area contributed by atoms with Crippen LogP contribution in [0.25, 0.3) is 39.2 Å². The van der Waals surface area contributed by atoms with Crippen molar-refractivity contribution >= 4 is 16.6 Å². The Morgan fingerprint density at radius 1 is 1.05 bits per heavy atom. The fraction of sp³-hybridized carbons (Fsp3) is 0.308. The summed E-state index contributed by atoms with van der Waals surface area (Å²) in [5.74, 6) is 0.379. The van der Waals surface area contributed by atoms with Crippen LogP contribution in [0.1, 0.15) is 23.6 Å². The zero-order valence-electron chi connectivity index (χ0n) is 20.3. The smallest absolute Gasteiger partial charge is 0.326 e. The van der Waals surface area contributed by atoms with E-state index in [4.69, 9.17) is 10.7 Å². The lowest BCUT2D eigenvalue weighted by molar-refractivity contribution is -0.183. The first kappa shape index (κ1) is 23.6. The molecule has 1 saturated heterocycles. The Morgan fingerprint density at radius 3 is 2.57 bits per heavy atom. The molecule has 11 heteroatoms. The second-order valence-electron chi connectivity index (χ2n) is 9.61. The second-order valence-corrected chi connectivity index (χ2v) is 9.61. The van der Waals surface area contributed by atoms with Crippen molar-refractivity contribution in [1.82, 2.24) is 34.3 Å². The molecule has 2 N–H and O–H groups in total. The van der Waals surface area contributed by atoms with Crippen LogP contribution in [0, 0.1) is 6.92 Å². The maximum atomic E-state index is 14.2. The Kier molecular flexibility index (Phi) is 5.50. The molecular formula is C26H25F3N8. The summed E-state index contributed by atoms with van der Waals surface area (Å²) in [5.41, 5.74) is 10.8. The largest absolute Gasteiger partial charge is 0.408 e. The van der Waals surface area contributed by atoms with Gasteiger partial charge in [-0.3, -0.25) is 14.0 Å². The Hall–Kier alpha value is -3.83. The fourth-order valence-electron chi connectivity index (χ4n) is 5.23. The average Bonchev–Trinajstić information content (AvgIpc) is 3.58. The van der Waals surface area contributed by atoms with Gasteiger partial charge >= 0.3 is 6.18 Å². The van der Waals surface area contributed by atoms with Gasteiger partial charge in [0.25, 0.3) is 0 Å². The molecule has 0 aliphatic carbocycles. The normalized spacial score (nSPS) is 17.7. The number of halogens is 3. The van der Waals surface area contributed by atoms with Gasteiger partial charge in [-0.2, -0.15) is 18.3 Å². The summed E-state index contributed by atoms with van der Waals surface area (Å²) in [6.45, 7) is 2.49. The molecule has 1 aliphatic rings. The molecule has 190 valence electrons. The Bertz CT molecular complexity index is 1620. The van der Waals surface area contributed by atoms with Gasteiger partial charge in [0, 0.05) is 49.5 Å². The van der Waals surface area contributed by atoms with Crippen LogP contribution in [0.5, 0.6) is 0 Å². The van der Waals surface area contributed by atoms with Gasteiger partial charge in [-0.15, -0.1) is 10.2 Å². The molecule has 1 aliphatic heterocycles. The molecule has 0 amide bonds. The first-order chi connectivity index (χ1) is 17.7. The van der Waals surface area contributed by atoms with E-state index in [1.807, 2.05) is 44.4 Å². The van der Waals surface area contributed by atoms with Crippen molar-refractivity contribution < 1.29 is 13.2 Å². The second kappa shape index (κ2) is 8.63. The lowest BCUT2D eigenvalue weighted by Crippen LogP contribution is -2.38. The molecule has 0 unspecified atom stereocenters. The van der Waals surface area contributed by atoms with Crippen molar-refractivity contribution in [3.8, 4) is 22.6 Å². The van der Waals surface area contributed by atoms with Crippen LogP contribution in [0.2, 0.25) is 0 Å². The van der Waals surface area contributed by atoms with E-state index in [1.54, 1.807) is 21.3 Å². The van der Waals surface area contributed by atoms with E-state index < -0.39 is 12.2 Å². The zero-order valence-corrected chi connectivity index (χ0v) is 20.3. The van der Waals surface area contributed by atoms with Gasteiger partial charge in [0.05, 0.1) is 11.7 Å². The number of hydrogen-bond acceptors (Lipinski definition) is 6. The third-order valence-corrected chi connectivity index (χ3v) is 7.03. The molecule has 0 saturated carbocycles. The van der Waals surface area contributed by atoms with Gasteiger partial charge in [-0.1, -0.05) is 24.3 Å². The van der Waals surface area contributed by atoms with Crippen LogP contribution in [-0.4, -0.2) is 59.6 Å². The third-order valence-electron chi connectivity index (χ3n) is 7.03. The number of aromatic nitrogens is 6. The van der Waals surface area contributed by atoms with Gasteiger partial charge < -0.3 is 5.73 Å². The Morgan fingerprint density at radius 2 is 1.86 bits per heavy atom. The number of nitrogens with zero attached hydrogens (tertiary/aromatic N) is 7. The number of benzene rings is 1. The lowest BCUT2D eigenvalue weighted by atomic mass is 10.00. The number of rotatable bonds is 4. The van der Waals surface area contributed by atoms with Crippen LogP contribution < -0.4 is 5.73 Å². The molecule has 0 spiro atoms. The maximum absolute atomic E-state index is 14.2. The molecule has 5 heterocycles. The van der Waals surface area contributed by atoms with E-state index in [1.165, 1.54) is 17.2 Å². The number of alkyl halides is 3. The maximum Gasteiger partial charge on any atom is 0.408 e. The summed E-state index contributed by atoms with van der Waals surface area (Å²) < 4.78 is 45.9. The molecule has 2 atom stereocenters. The highest BCUT2D eigenvalue weighted by molar-refractivity contribution is 5.89. The fourth-order valence-corrected chi connectivity index (χ4v) is 5.23. The van der Waals surface area contributed by atoms with Crippen LogP contribution in [-0.2, 0) is 7.05 Å². The van der Waals surface area contributed by atoms with Crippen molar-refractivity contribution in [2.75, 3.05) is 13.1 Å². The van der Waals surface area contributed by atoms with Crippen LogP contribution in [0.4, 0.5) is 13.2 Å². The van der Waals surface area contributed by atoms with Gasteiger partial charge in [-0.05, 0) is 42.2 Å². The van der Waals surface area contributed by atoms with Gasteiger partial charge in [-0.25, -0.2) is 4.98 Å². The molecule has 1 fully saturated rings. The summed E-state index contributed by atoms with van der Waals surface area (Å²) >= 11 is 0. The van der Waals surface area contributed by atoms with E-state index in [2.05, 4.69) is 15.3 Å². The number of fused-ring (bicyclic) bond motifs is 2. The molecule has 0 bridgehead atoms. The van der Waals surface area contributed by atoms with Crippen molar-refractivity contribution in [1.29, 1.82) is 0 Å². The van der Waals surface area contributed by atoms with Crippen LogP contribution in [0.15, 0.2) is 55.0 Å². The summed E-state index contributed by atoms with van der Waals surface area (Å²) in [4.78, 5) is 6.27. The quantitative estimate of drug-likeness (QED) is 0.391. The predicted molar refractivity (Wildman–Crippen MR) is 134 cm³/mol. The number of hydrogen-bond donors (Lipinski definition) is 1. The van der Waals surface area contributed by atoms with E-state index in [0.29, 0.717) is 30.1 Å². The highest BCUT2D eigenvalue weighted by Crippen LogP contribution is 2.39. The number of nitrogens with two attached hydrogens (primary N) is 1. The molecule has 0 radical (unpaired) electrons. The molecule has 1 aromatic carbocycles. The van der Waals surface area contributed by atoms with E-state index in [-0.39, 0.29) is 18.2 Å². The summed E-state index contributed by atoms with van der Waals surface area (Å²) in [6, 6.07) is 8.80. The first-order valence-corrected chi connectivity index (χ1v) is 12.0. The minimum atomic E-state index is -4.45. The number of aryl methyl sites for hydroxylation is 2. The van der Waals surface area contributed by atoms with Gasteiger partial charge in [0.1, 0.15) is 11.7 Å². The highest BCUT2D eigenvalue weighted by atomic mass is 19.4.